The van der Waals surface area contributed by atoms with Crippen LogP contribution in [0, 0.1) is 12.3 Å². The van der Waals surface area contributed by atoms with Crippen molar-refractivity contribution in [2.75, 3.05) is 31.1 Å². The molecule has 1 fully saturated rings. The van der Waals surface area contributed by atoms with Gasteiger partial charge in [0.15, 0.2) is 0 Å². The maximum atomic E-state index is 11.6. The molecule has 0 aromatic rings. The third-order valence-electron chi connectivity index (χ3n) is 2.27. The van der Waals surface area contributed by atoms with Crippen LogP contribution < -0.4 is 10.6 Å². The van der Waals surface area contributed by atoms with E-state index in [9.17, 15) is 4.79 Å². The summed E-state index contributed by atoms with van der Waals surface area (Å²) in [5.74, 6) is 4.18. The highest BCUT2D eigenvalue weighted by molar-refractivity contribution is 7.99. The quantitative estimate of drug-likeness (QED) is 0.403. The number of nitrogens with one attached hydrogen (secondary N) is 2. The molecular weight excluding hydrogens is 208 g/mol. The van der Waals surface area contributed by atoms with Gasteiger partial charge in [0.05, 0.1) is 5.75 Å². The summed E-state index contributed by atoms with van der Waals surface area (Å²) >= 11 is 1.66. The van der Waals surface area contributed by atoms with E-state index in [4.69, 9.17) is 6.42 Å². The molecule has 15 heavy (non-hydrogen) atoms. The van der Waals surface area contributed by atoms with Gasteiger partial charge in [-0.3, -0.25) is 4.79 Å². The first-order valence-corrected chi connectivity index (χ1v) is 6.10. The summed E-state index contributed by atoms with van der Waals surface area (Å²) in [6, 6.07) is 0. The molecule has 1 aliphatic rings. The van der Waals surface area contributed by atoms with Crippen molar-refractivity contribution in [1.29, 1.82) is 0 Å². The first-order valence-electron chi connectivity index (χ1n) is 4.94. The van der Waals surface area contributed by atoms with Crippen LogP contribution in [0.2, 0.25) is 0 Å². The first kappa shape index (κ1) is 12.2. The normalized spacial score (nSPS) is 14.0. The third kappa shape index (κ3) is 3.98. The van der Waals surface area contributed by atoms with Crippen LogP contribution in [0.15, 0.2) is 11.1 Å². The minimum absolute atomic E-state index is 0.0489. The summed E-state index contributed by atoms with van der Waals surface area (Å²) in [5, 5.41) is 5.99. The van der Waals surface area contributed by atoms with Gasteiger partial charge in [-0.15, -0.1) is 18.2 Å². The summed E-state index contributed by atoms with van der Waals surface area (Å²) in [7, 11) is 0. The lowest BCUT2D eigenvalue weighted by Gasteiger charge is -2.21. The minimum atomic E-state index is 0.0489. The van der Waals surface area contributed by atoms with Gasteiger partial charge in [0.25, 0.3) is 0 Å². The van der Waals surface area contributed by atoms with Crippen molar-refractivity contribution in [3.05, 3.63) is 11.1 Å². The zero-order valence-corrected chi connectivity index (χ0v) is 9.75. The molecule has 0 aromatic carbocycles. The van der Waals surface area contributed by atoms with Crippen molar-refractivity contribution in [3.8, 4) is 12.3 Å². The molecular formula is C11H16N2OS. The van der Waals surface area contributed by atoms with E-state index in [0.717, 1.165) is 24.4 Å². The Morgan fingerprint density at radius 2 is 2.40 bits per heavy atom. The molecule has 1 heterocycles. The molecule has 1 saturated heterocycles. The molecule has 0 aromatic heterocycles. The smallest absolute Gasteiger partial charge is 0.246 e. The van der Waals surface area contributed by atoms with E-state index < -0.39 is 0 Å². The number of carbonyl (C=O) groups excluding carboxylic acids is 1. The first-order chi connectivity index (χ1) is 7.25. The van der Waals surface area contributed by atoms with Gasteiger partial charge in [0, 0.05) is 31.0 Å². The van der Waals surface area contributed by atoms with E-state index in [1.165, 1.54) is 5.57 Å². The van der Waals surface area contributed by atoms with Crippen LogP contribution >= 0.6 is 11.8 Å². The van der Waals surface area contributed by atoms with Gasteiger partial charge in [-0.2, -0.15) is 0 Å². The van der Waals surface area contributed by atoms with E-state index in [2.05, 4.69) is 16.6 Å². The van der Waals surface area contributed by atoms with Gasteiger partial charge in [0.2, 0.25) is 5.91 Å². The SMILES string of the molecule is C#CCSCCNC(=O)C(C)=C1CNC1. The van der Waals surface area contributed by atoms with Gasteiger partial charge in [-0.1, -0.05) is 5.92 Å². The summed E-state index contributed by atoms with van der Waals surface area (Å²) in [4.78, 5) is 11.6. The standard InChI is InChI=1S/C11H16N2OS/c1-3-5-15-6-4-13-11(14)9(2)10-7-12-8-10/h1,12H,4-8H2,2H3,(H,13,14). The molecule has 0 radical (unpaired) electrons. The van der Waals surface area contributed by atoms with Crippen LogP contribution in [0.1, 0.15) is 6.92 Å². The van der Waals surface area contributed by atoms with Crippen molar-refractivity contribution in [2.24, 2.45) is 0 Å². The zero-order valence-electron chi connectivity index (χ0n) is 8.93. The second kappa shape index (κ2) is 6.54. The summed E-state index contributed by atoms with van der Waals surface area (Å²) in [6.45, 7) is 4.26. The lowest BCUT2D eigenvalue weighted by atomic mass is 10.0. The number of thioether (sulfide) groups is 1. The van der Waals surface area contributed by atoms with Crippen molar-refractivity contribution in [2.45, 2.75) is 6.92 Å². The molecule has 0 unspecified atom stereocenters. The highest BCUT2D eigenvalue weighted by Gasteiger charge is 2.15. The fourth-order valence-corrected chi connectivity index (χ4v) is 1.68. The number of hydrogen-bond donors (Lipinski definition) is 2. The van der Waals surface area contributed by atoms with Crippen molar-refractivity contribution < 1.29 is 4.79 Å². The minimum Gasteiger partial charge on any atom is -0.351 e. The Labute approximate surface area is 95.1 Å². The summed E-state index contributed by atoms with van der Waals surface area (Å²) < 4.78 is 0. The van der Waals surface area contributed by atoms with Crippen molar-refractivity contribution in [3.63, 3.8) is 0 Å². The molecule has 0 bridgehead atoms. The molecule has 4 heteroatoms. The van der Waals surface area contributed by atoms with Gasteiger partial charge >= 0.3 is 0 Å². The lowest BCUT2D eigenvalue weighted by molar-refractivity contribution is -0.117. The molecule has 3 nitrogen and oxygen atoms in total. The van der Waals surface area contributed by atoms with Gasteiger partial charge in [-0.25, -0.2) is 0 Å². The number of terminal acetylenes is 1. The van der Waals surface area contributed by atoms with Gasteiger partial charge < -0.3 is 10.6 Å². The second-order valence-corrected chi connectivity index (χ2v) is 4.45. The van der Waals surface area contributed by atoms with E-state index >= 15 is 0 Å². The van der Waals surface area contributed by atoms with Crippen LogP contribution in [0.4, 0.5) is 0 Å². The molecule has 1 rings (SSSR count). The van der Waals surface area contributed by atoms with E-state index in [1.54, 1.807) is 11.8 Å². The van der Waals surface area contributed by atoms with Crippen LogP contribution in [-0.2, 0) is 4.79 Å². The average Bonchev–Trinajstić information content (AvgIpc) is 2.14. The largest absolute Gasteiger partial charge is 0.351 e. The summed E-state index contributed by atoms with van der Waals surface area (Å²) in [5.41, 5.74) is 2.07. The second-order valence-electron chi connectivity index (χ2n) is 3.34. The predicted octanol–water partition coefficient (Wildman–Crippen LogP) is 0.389. The highest BCUT2D eigenvalue weighted by atomic mass is 32.2. The molecule has 82 valence electrons. The van der Waals surface area contributed by atoms with Crippen molar-refractivity contribution >= 4 is 17.7 Å². The highest BCUT2D eigenvalue weighted by Crippen LogP contribution is 2.08. The molecule has 0 spiro atoms. The molecule has 0 atom stereocenters. The topological polar surface area (TPSA) is 41.1 Å². The fourth-order valence-electron chi connectivity index (χ4n) is 1.18. The van der Waals surface area contributed by atoms with Crippen LogP contribution in [-0.4, -0.2) is 37.0 Å². The monoisotopic (exact) mass is 224 g/mol. The number of amides is 1. The molecule has 1 amide bonds. The van der Waals surface area contributed by atoms with Crippen LogP contribution in [0.25, 0.3) is 0 Å². The Hall–Kier alpha value is -0.920. The Morgan fingerprint density at radius 1 is 1.67 bits per heavy atom. The molecule has 0 saturated carbocycles. The van der Waals surface area contributed by atoms with Crippen LogP contribution in [0.5, 0.6) is 0 Å². The van der Waals surface area contributed by atoms with E-state index in [-0.39, 0.29) is 5.91 Å². The Kier molecular flexibility index (Phi) is 5.30. The van der Waals surface area contributed by atoms with Gasteiger partial charge in [-0.05, 0) is 12.5 Å². The third-order valence-corrected chi connectivity index (χ3v) is 3.13. The summed E-state index contributed by atoms with van der Waals surface area (Å²) in [6.07, 6.45) is 5.11. The lowest BCUT2D eigenvalue weighted by Crippen LogP contribution is -2.38. The molecule has 2 N–H and O–H groups in total. The van der Waals surface area contributed by atoms with E-state index in [0.29, 0.717) is 12.3 Å². The number of carbonyl (C=O) groups is 1. The Balaban J connectivity index is 2.16. The van der Waals surface area contributed by atoms with Gasteiger partial charge in [0.1, 0.15) is 0 Å². The molecule has 0 aliphatic carbocycles. The van der Waals surface area contributed by atoms with Crippen LogP contribution in [0.3, 0.4) is 0 Å². The maximum absolute atomic E-state index is 11.6. The van der Waals surface area contributed by atoms with E-state index in [1.807, 2.05) is 6.92 Å². The number of hydrogen-bond acceptors (Lipinski definition) is 3. The average molecular weight is 224 g/mol. The maximum Gasteiger partial charge on any atom is 0.246 e. The number of rotatable bonds is 5. The predicted molar refractivity (Wildman–Crippen MR) is 64.7 cm³/mol. The Bertz CT molecular complexity index is 298. The van der Waals surface area contributed by atoms with Crippen molar-refractivity contribution in [1.82, 2.24) is 10.6 Å². The Morgan fingerprint density at radius 3 is 2.93 bits per heavy atom. The fraction of sp³-hybridized carbons (Fsp3) is 0.545. The zero-order chi connectivity index (χ0) is 11.1. The molecule has 1 aliphatic heterocycles.